The summed E-state index contributed by atoms with van der Waals surface area (Å²) in [5.41, 5.74) is 1.55. The minimum Gasteiger partial charge on any atom is -0.379 e. The third-order valence-electron chi connectivity index (χ3n) is 5.68. The van der Waals surface area contributed by atoms with E-state index < -0.39 is 14.9 Å². The Hall–Kier alpha value is -2.50. The highest BCUT2D eigenvalue weighted by molar-refractivity contribution is 7.89. The van der Waals surface area contributed by atoms with Crippen LogP contribution in [0.2, 0.25) is 0 Å². The largest absolute Gasteiger partial charge is 0.379 e. The molecule has 2 aromatic rings. The summed E-state index contributed by atoms with van der Waals surface area (Å²) in [6, 6.07) is 4.57. The van der Waals surface area contributed by atoms with Crippen molar-refractivity contribution in [1.82, 2.24) is 14.5 Å². The molecule has 11 heteroatoms. The van der Waals surface area contributed by atoms with Gasteiger partial charge in [-0.25, -0.2) is 13.1 Å². The molecule has 3 rings (SSSR count). The molecule has 1 fully saturated rings. The molecule has 0 spiro atoms. The van der Waals surface area contributed by atoms with Gasteiger partial charge in [-0.3, -0.25) is 14.8 Å². The lowest BCUT2D eigenvalue weighted by molar-refractivity contribution is -0.384. The maximum Gasteiger partial charge on any atom is 0.293 e. The van der Waals surface area contributed by atoms with E-state index in [1.807, 2.05) is 13.1 Å². The molecular formula is C21H31N5O5S. The normalized spacial score (nSPS) is 14.7. The maximum atomic E-state index is 12.7. The number of nitrogens with zero attached hydrogens (tertiary/aromatic N) is 3. The number of nitrogens with one attached hydrogen (secondary N) is 2. The molecule has 176 valence electrons. The first kappa shape index (κ1) is 24.1. The van der Waals surface area contributed by atoms with Gasteiger partial charge in [0.15, 0.2) is 0 Å². The molecule has 0 unspecified atom stereocenters. The predicted molar refractivity (Wildman–Crippen MR) is 121 cm³/mol. The average molecular weight is 466 g/mol. The van der Waals surface area contributed by atoms with E-state index in [0.29, 0.717) is 17.8 Å². The van der Waals surface area contributed by atoms with E-state index in [2.05, 4.69) is 15.1 Å². The molecule has 1 aliphatic rings. The van der Waals surface area contributed by atoms with Crippen molar-refractivity contribution in [2.45, 2.75) is 56.4 Å². The lowest BCUT2D eigenvalue weighted by Crippen LogP contribution is -2.29. The molecule has 1 aliphatic carbocycles. The third-order valence-corrected chi connectivity index (χ3v) is 7.28. The summed E-state index contributed by atoms with van der Waals surface area (Å²) in [5, 5.41) is 18.8. The number of hydrogen-bond acceptors (Lipinski definition) is 7. The summed E-state index contributed by atoms with van der Waals surface area (Å²) in [6.45, 7) is 2.55. The second kappa shape index (κ2) is 10.9. The van der Waals surface area contributed by atoms with Crippen LogP contribution in [0.3, 0.4) is 0 Å². The van der Waals surface area contributed by atoms with E-state index >= 15 is 0 Å². The molecule has 1 heterocycles. The maximum absolute atomic E-state index is 12.7. The number of hydrogen-bond donors (Lipinski definition) is 2. The topological polar surface area (TPSA) is 128 Å². The molecule has 0 atom stereocenters. The molecule has 2 N–H and O–H groups in total. The van der Waals surface area contributed by atoms with Crippen LogP contribution in [-0.4, -0.2) is 48.9 Å². The Kier molecular flexibility index (Phi) is 8.21. The van der Waals surface area contributed by atoms with Crippen molar-refractivity contribution in [3.05, 3.63) is 45.8 Å². The summed E-state index contributed by atoms with van der Waals surface area (Å²) >= 11 is 0. The first-order valence-corrected chi connectivity index (χ1v) is 12.4. The van der Waals surface area contributed by atoms with Crippen LogP contribution in [0.5, 0.6) is 0 Å². The summed E-state index contributed by atoms with van der Waals surface area (Å²) in [4.78, 5) is 10.9. The number of aryl methyl sites for hydroxylation is 3. The smallest absolute Gasteiger partial charge is 0.293 e. The monoisotopic (exact) mass is 465 g/mol. The Balaban J connectivity index is 1.61. The van der Waals surface area contributed by atoms with Gasteiger partial charge in [-0.05, 0) is 50.3 Å². The third kappa shape index (κ3) is 6.27. The van der Waals surface area contributed by atoms with Gasteiger partial charge in [-0.15, -0.1) is 0 Å². The Bertz CT molecular complexity index is 1030. The first-order valence-electron chi connectivity index (χ1n) is 10.9. The van der Waals surface area contributed by atoms with E-state index in [0.717, 1.165) is 50.3 Å². The Morgan fingerprint density at radius 2 is 2.03 bits per heavy atom. The van der Waals surface area contributed by atoms with Gasteiger partial charge in [0, 0.05) is 38.1 Å². The van der Waals surface area contributed by atoms with Gasteiger partial charge < -0.3 is 10.1 Å². The highest BCUT2D eigenvalue weighted by Crippen LogP contribution is 2.30. The van der Waals surface area contributed by atoms with Crippen molar-refractivity contribution in [2.75, 3.05) is 25.0 Å². The lowest BCUT2D eigenvalue weighted by Gasteiger charge is -2.14. The van der Waals surface area contributed by atoms with Crippen LogP contribution in [-0.2, 0) is 28.2 Å². The second-order valence-corrected chi connectivity index (χ2v) is 9.78. The van der Waals surface area contributed by atoms with Crippen molar-refractivity contribution in [1.29, 1.82) is 0 Å². The molecule has 10 nitrogen and oxygen atoms in total. The number of nitro benzene ring substituents is 1. The van der Waals surface area contributed by atoms with E-state index in [1.54, 1.807) is 17.8 Å². The van der Waals surface area contributed by atoms with E-state index in [1.165, 1.54) is 6.07 Å². The van der Waals surface area contributed by atoms with Crippen LogP contribution in [0, 0.1) is 17.0 Å². The standard InChI is InChI=1S/C21H31N5O5S/c1-16-14-19(22-10-5-6-17-9-11-23-25(17)2)20(26(27)28)15-21(16)32(29,30)24-12-13-31-18-7-3-4-8-18/h9,11,14-15,18,22,24H,3-8,10,12-13H2,1-2H3. The summed E-state index contributed by atoms with van der Waals surface area (Å²) in [6.07, 6.45) is 7.75. The number of rotatable bonds is 12. The van der Waals surface area contributed by atoms with Crippen molar-refractivity contribution in [3.8, 4) is 0 Å². The Labute approximate surface area is 188 Å². The SMILES string of the molecule is Cc1cc(NCCCc2ccnn2C)c([N+](=O)[O-])cc1S(=O)(=O)NCCOC1CCCC1. The highest BCUT2D eigenvalue weighted by Gasteiger charge is 2.24. The molecule has 0 saturated heterocycles. The lowest BCUT2D eigenvalue weighted by atomic mass is 10.1. The number of aromatic nitrogens is 2. The number of benzene rings is 1. The molecule has 0 amide bonds. The van der Waals surface area contributed by atoms with Crippen LogP contribution >= 0.6 is 0 Å². The number of nitro groups is 1. The minimum atomic E-state index is -3.89. The number of ether oxygens (including phenoxy) is 1. The fourth-order valence-electron chi connectivity index (χ4n) is 3.93. The average Bonchev–Trinajstić information content (AvgIpc) is 3.40. The molecule has 1 saturated carbocycles. The zero-order chi connectivity index (χ0) is 23.1. The molecular weight excluding hydrogens is 434 g/mol. The summed E-state index contributed by atoms with van der Waals surface area (Å²) in [7, 11) is -2.02. The molecule has 1 aromatic heterocycles. The predicted octanol–water partition coefficient (Wildman–Crippen LogP) is 2.92. The van der Waals surface area contributed by atoms with Crippen LogP contribution in [0.15, 0.2) is 29.3 Å². The fourth-order valence-corrected chi connectivity index (χ4v) is 5.19. The summed E-state index contributed by atoms with van der Waals surface area (Å²) in [5.74, 6) is 0. The molecule has 32 heavy (non-hydrogen) atoms. The Morgan fingerprint density at radius 3 is 2.69 bits per heavy atom. The minimum absolute atomic E-state index is 0.0921. The Morgan fingerprint density at radius 1 is 1.28 bits per heavy atom. The van der Waals surface area contributed by atoms with Crippen LogP contribution in [0.25, 0.3) is 0 Å². The number of anilines is 1. The van der Waals surface area contributed by atoms with Gasteiger partial charge in [-0.2, -0.15) is 5.10 Å². The van der Waals surface area contributed by atoms with Crippen molar-refractivity contribution < 1.29 is 18.1 Å². The van der Waals surface area contributed by atoms with Crippen LogP contribution in [0.4, 0.5) is 11.4 Å². The van der Waals surface area contributed by atoms with Gasteiger partial charge in [0.25, 0.3) is 5.69 Å². The fraction of sp³-hybridized carbons (Fsp3) is 0.571. The van der Waals surface area contributed by atoms with Crippen LogP contribution in [0.1, 0.15) is 43.4 Å². The summed E-state index contributed by atoms with van der Waals surface area (Å²) < 4.78 is 35.5. The quantitative estimate of drug-likeness (QED) is 0.280. The van der Waals surface area contributed by atoms with Crippen molar-refractivity contribution in [2.24, 2.45) is 7.05 Å². The van der Waals surface area contributed by atoms with Crippen molar-refractivity contribution in [3.63, 3.8) is 0 Å². The van der Waals surface area contributed by atoms with Gasteiger partial charge in [0.2, 0.25) is 10.0 Å². The van der Waals surface area contributed by atoms with E-state index in [-0.39, 0.29) is 29.8 Å². The second-order valence-electron chi connectivity index (χ2n) is 8.04. The first-order chi connectivity index (χ1) is 15.3. The van der Waals surface area contributed by atoms with Gasteiger partial charge in [0.1, 0.15) is 5.69 Å². The van der Waals surface area contributed by atoms with E-state index in [4.69, 9.17) is 4.74 Å². The molecule has 0 radical (unpaired) electrons. The van der Waals surface area contributed by atoms with E-state index in [9.17, 15) is 18.5 Å². The molecule has 0 bridgehead atoms. The van der Waals surface area contributed by atoms with Crippen molar-refractivity contribution >= 4 is 21.4 Å². The van der Waals surface area contributed by atoms with Gasteiger partial charge in [0.05, 0.1) is 22.5 Å². The highest BCUT2D eigenvalue weighted by atomic mass is 32.2. The van der Waals surface area contributed by atoms with Gasteiger partial charge >= 0.3 is 0 Å². The zero-order valence-electron chi connectivity index (χ0n) is 18.5. The molecule has 0 aliphatic heterocycles. The van der Waals surface area contributed by atoms with Crippen LogP contribution < -0.4 is 10.0 Å². The van der Waals surface area contributed by atoms with Gasteiger partial charge in [-0.1, -0.05) is 12.8 Å². The zero-order valence-corrected chi connectivity index (χ0v) is 19.4. The molecule has 1 aromatic carbocycles. The number of sulfonamides is 1.